The van der Waals surface area contributed by atoms with Crippen molar-refractivity contribution >= 4 is 29.1 Å². The van der Waals surface area contributed by atoms with Gasteiger partial charge < -0.3 is 5.32 Å². The molecule has 0 bridgehead atoms. The summed E-state index contributed by atoms with van der Waals surface area (Å²) >= 11 is 11.5. The molecular weight excluding hydrogens is 302 g/mol. The van der Waals surface area contributed by atoms with Crippen molar-refractivity contribution in [3.05, 3.63) is 63.6 Å². The first kappa shape index (κ1) is 14.8. The maximum Gasteiger partial charge on any atom is 0.251 e. The van der Waals surface area contributed by atoms with Crippen LogP contribution >= 0.6 is 23.2 Å². The van der Waals surface area contributed by atoms with Crippen LogP contribution in [0.15, 0.2) is 36.4 Å². The fourth-order valence-corrected chi connectivity index (χ4v) is 2.24. The topological polar surface area (TPSA) is 42.0 Å². The molecule has 2 aromatic rings. The zero-order chi connectivity index (χ0) is 14.7. The van der Waals surface area contributed by atoms with Gasteiger partial charge >= 0.3 is 0 Å². The van der Waals surface area contributed by atoms with Gasteiger partial charge in [-0.05, 0) is 25.1 Å². The number of nitrogens with one attached hydrogen (secondary N) is 1. The highest BCUT2D eigenvalue weighted by Crippen LogP contribution is 2.18. The average molecular weight is 313 g/mol. The van der Waals surface area contributed by atoms with E-state index < -0.39 is 11.9 Å². The van der Waals surface area contributed by atoms with Gasteiger partial charge in [-0.15, -0.1) is 0 Å². The molecule has 6 heteroatoms. The van der Waals surface area contributed by atoms with E-state index in [4.69, 9.17) is 23.2 Å². The lowest BCUT2D eigenvalue weighted by molar-refractivity contribution is 0.0939. The molecule has 1 N–H and O–H groups in total. The summed E-state index contributed by atoms with van der Waals surface area (Å²) in [6.07, 6.45) is 0. The fraction of sp³-hybridized carbons (Fsp3) is 0.143. The highest BCUT2D eigenvalue weighted by atomic mass is 35.5. The maximum absolute atomic E-state index is 13.6. The molecule has 1 heterocycles. The monoisotopic (exact) mass is 312 g/mol. The number of carbonyl (C=O) groups is 1. The Hall–Kier alpha value is -1.65. The average Bonchev–Trinajstić information content (AvgIpc) is 2.37. The zero-order valence-electron chi connectivity index (χ0n) is 10.5. The van der Waals surface area contributed by atoms with E-state index in [9.17, 15) is 9.18 Å². The molecule has 0 saturated carbocycles. The van der Waals surface area contributed by atoms with Gasteiger partial charge in [-0.25, -0.2) is 9.37 Å². The number of carbonyl (C=O) groups excluding carboxylic acids is 1. The van der Waals surface area contributed by atoms with E-state index in [2.05, 4.69) is 10.3 Å². The number of hydrogen-bond acceptors (Lipinski definition) is 2. The van der Waals surface area contributed by atoms with Crippen molar-refractivity contribution in [1.82, 2.24) is 10.3 Å². The molecule has 0 aliphatic rings. The van der Waals surface area contributed by atoms with Gasteiger partial charge in [0.15, 0.2) is 0 Å². The number of pyridine rings is 1. The van der Waals surface area contributed by atoms with E-state index in [1.54, 1.807) is 25.1 Å². The van der Waals surface area contributed by atoms with E-state index in [1.807, 2.05) is 0 Å². The minimum absolute atomic E-state index is 0.126. The van der Waals surface area contributed by atoms with Crippen molar-refractivity contribution in [2.24, 2.45) is 0 Å². The molecule has 3 nitrogen and oxygen atoms in total. The first-order valence-electron chi connectivity index (χ1n) is 5.86. The van der Waals surface area contributed by atoms with Crippen LogP contribution < -0.4 is 5.32 Å². The van der Waals surface area contributed by atoms with Crippen molar-refractivity contribution in [3.63, 3.8) is 0 Å². The summed E-state index contributed by atoms with van der Waals surface area (Å²) in [4.78, 5) is 15.8. The molecule has 0 fully saturated rings. The van der Waals surface area contributed by atoms with Crippen molar-refractivity contribution in [2.75, 3.05) is 0 Å². The smallest absolute Gasteiger partial charge is 0.251 e. The summed E-state index contributed by atoms with van der Waals surface area (Å²) in [5.41, 5.74) is 0.685. The molecule has 20 heavy (non-hydrogen) atoms. The summed E-state index contributed by atoms with van der Waals surface area (Å²) in [7, 11) is 0. The quantitative estimate of drug-likeness (QED) is 0.870. The van der Waals surface area contributed by atoms with E-state index in [0.717, 1.165) is 0 Å². The molecule has 1 atom stereocenters. The molecule has 0 radical (unpaired) electrons. The minimum atomic E-state index is -0.477. The van der Waals surface area contributed by atoms with Crippen LogP contribution in [0.3, 0.4) is 0 Å². The summed E-state index contributed by atoms with van der Waals surface area (Å²) in [5.74, 6) is -0.766. The third-order valence-electron chi connectivity index (χ3n) is 2.74. The molecule has 0 spiro atoms. The van der Waals surface area contributed by atoms with Gasteiger partial charge in [0.25, 0.3) is 5.91 Å². The SMILES string of the molecule is CC(NC(=O)c1cc(Cl)nc(Cl)c1)c1ccccc1F. The van der Waals surface area contributed by atoms with Crippen molar-refractivity contribution < 1.29 is 9.18 Å². The molecular formula is C14H11Cl2FN2O. The zero-order valence-corrected chi connectivity index (χ0v) is 12.0. The molecule has 2 rings (SSSR count). The largest absolute Gasteiger partial charge is 0.345 e. The summed E-state index contributed by atoms with van der Waals surface area (Å²) in [5, 5.41) is 2.94. The summed E-state index contributed by atoms with van der Waals surface area (Å²) < 4.78 is 13.6. The minimum Gasteiger partial charge on any atom is -0.345 e. The summed E-state index contributed by atoms with van der Waals surface area (Å²) in [6, 6.07) is 8.59. The first-order valence-corrected chi connectivity index (χ1v) is 6.61. The maximum atomic E-state index is 13.6. The van der Waals surface area contributed by atoms with Gasteiger partial charge in [0.2, 0.25) is 0 Å². The Labute approximate surface area is 125 Å². The van der Waals surface area contributed by atoms with Crippen LogP contribution in [-0.2, 0) is 0 Å². The number of hydrogen-bond donors (Lipinski definition) is 1. The van der Waals surface area contributed by atoms with Gasteiger partial charge in [0.1, 0.15) is 16.1 Å². The normalized spacial score (nSPS) is 12.0. The van der Waals surface area contributed by atoms with Crippen LogP contribution in [0.25, 0.3) is 0 Å². The molecule has 1 aromatic heterocycles. The van der Waals surface area contributed by atoms with Crippen LogP contribution in [0, 0.1) is 5.82 Å². The third-order valence-corrected chi connectivity index (χ3v) is 3.13. The predicted molar refractivity (Wildman–Crippen MR) is 76.5 cm³/mol. The number of benzene rings is 1. The van der Waals surface area contributed by atoms with E-state index in [0.29, 0.717) is 5.56 Å². The van der Waals surface area contributed by atoms with E-state index in [-0.39, 0.29) is 21.7 Å². The first-order chi connectivity index (χ1) is 9.47. The highest BCUT2D eigenvalue weighted by Gasteiger charge is 2.15. The molecule has 104 valence electrons. The molecule has 0 aliphatic carbocycles. The fourth-order valence-electron chi connectivity index (χ4n) is 1.78. The standard InChI is InChI=1S/C14H11Cl2FN2O/c1-8(10-4-2-3-5-11(10)17)18-14(20)9-6-12(15)19-13(16)7-9/h2-8H,1H3,(H,18,20). The van der Waals surface area contributed by atoms with Gasteiger partial charge in [-0.3, -0.25) is 4.79 Å². The van der Waals surface area contributed by atoms with E-state index in [1.165, 1.54) is 18.2 Å². The second-order valence-electron chi connectivity index (χ2n) is 4.22. The van der Waals surface area contributed by atoms with Crippen molar-refractivity contribution in [1.29, 1.82) is 0 Å². The Kier molecular flexibility index (Phi) is 4.57. The second kappa shape index (κ2) is 6.20. The molecule has 1 unspecified atom stereocenters. The lowest BCUT2D eigenvalue weighted by Gasteiger charge is -2.15. The number of rotatable bonds is 3. The predicted octanol–water partition coefficient (Wildman–Crippen LogP) is 4.02. The van der Waals surface area contributed by atoms with Gasteiger partial charge in [-0.1, -0.05) is 41.4 Å². The molecule has 0 aliphatic heterocycles. The molecule has 0 saturated heterocycles. The number of halogens is 3. The Morgan fingerprint density at radius 3 is 2.45 bits per heavy atom. The third kappa shape index (κ3) is 3.46. The van der Waals surface area contributed by atoms with Gasteiger partial charge in [0, 0.05) is 11.1 Å². The Morgan fingerprint density at radius 2 is 1.85 bits per heavy atom. The lowest BCUT2D eigenvalue weighted by atomic mass is 10.1. The van der Waals surface area contributed by atoms with Crippen LogP contribution in [0.1, 0.15) is 28.9 Å². The Morgan fingerprint density at radius 1 is 1.25 bits per heavy atom. The van der Waals surface area contributed by atoms with Gasteiger partial charge in [-0.2, -0.15) is 0 Å². The number of aromatic nitrogens is 1. The van der Waals surface area contributed by atoms with Crippen LogP contribution in [0.2, 0.25) is 10.3 Å². The van der Waals surface area contributed by atoms with Crippen LogP contribution in [0.5, 0.6) is 0 Å². The summed E-state index contributed by atoms with van der Waals surface area (Å²) in [6.45, 7) is 1.70. The second-order valence-corrected chi connectivity index (χ2v) is 4.99. The van der Waals surface area contributed by atoms with E-state index >= 15 is 0 Å². The Bertz CT molecular complexity index is 629. The number of nitrogens with zero attached hydrogens (tertiary/aromatic N) is 1. The highest BCUT2D eigenvalue weighted by molar-refractivity contribution is 6.33. The molecule has 1 amide bonds. The lowest BCUT2D eigenvalue weighted by Crippen LogP contribution is -2.27. The van der Waals surface area contributed by atoms with Crippen LogP contribution in [-0.4, -0.2) is 10.9 Å². The van der Waals surface area contributed by atoms with Crippen molar-refractivity contribution in [3.8, 4) is 0 Å². The van der Waals surface area contributed by atoms with Crippen LogP contribution in [0.4, 0.5) is 4.39 Å². The number of amides is 1. The van der Waals surface area contributed by atoms with Gasteiger partial charge in [0.05, 0.1) is 6.04 Å². The van der Waals surface area contributed by atoms with Crippen molar-refractivity contribution in [2.45, 2.75) is 13.0 Å². The Balaban J connectivity index is 2.17. The molecule has 1 aromatic carbocycles.